The highest BCUT2D eigenvalue weighted by atomic mass is 32.1. The molecule has 2 heterocycles. The zero-order valence-corrected chi connectivity index (χ0v) is 16.8. The SMILES string of the molecule is CCNC(=NCc1nc(C(C)(C)C)cs1)NC1CCOc2ccccc21. The Morgan fingerprint density at radius 1 is 1.35 bits per heavy atom. The fourth-order valence-corrected chi connectivity index (χ4v) is 3.80. The molecule has 2 N–H and O–H groups in total. The normalized spacial score (nSPS) is 17.4. The standard InChI is InChI=1S/C20H28N4OS/c1-5-21-19(22-12-18-24-17(13-26-18)20(2,3)4)23-15-10-11-25-16-9-7-6-8-14(15)16/h6-9,13,15H,5,10-12H2,1-4H3,(H2,21,22,23). The van der Waals surface area contributed by atoms with Crippen molar-refractivity contribution in [1.82, 2.24) is 15.6 Å². The van der Waals surface area contributed by atoms with E-state index in [0.717, 1.165) is 42.0 Å². The summed E-state index contributed by atoms with van der Waals surface area (Å²) in [6, 6.07) is 8.41. The lowest BCUT2D eigenvalue weighted by atomic mass is 9.93. The molecule has 140 valence electrons. The highest BCUT2D eigenvalue weighted by Crippen LogP contribution is 2.31. The van der Waals surface area contributed by atoms with Crippen LogP contribution in [0.3, 0.4) is 0 Å². The van der Waals surface area contributed by atoms with Gasteiger partial charge in [0, 0.05) is 29.3 Å². The largest absolute Gasteiger partial charge is 0.493 e. The number of nitrogens with one attached hydrogen (secondary N) is 2. The van der Waals surface area contributed by atoms with Crippen molar-refractivity contribution < 1.29 is 4.74 Å². The fraction of sp³-hybridized carbons (Fsp3) is 0.500. The predicted molar refractivity (Wildman–Crippen MR) is 108 cm³/mol. The number of fused-ring (bicyclic) bond motifs is 1. The van der Waals surface area contributed by atoms with Gasteiger partial charge >= 0.3 is 0 Å². The number of hydrogen-bond acceptors (Lipinski definition) is 4. The van der Waals surface area contributed by atoms with Gasteiger partial charge < -0.3 is 15.4 Å². The Kier molecular flexibility index (Phi) is 5.81. The molecule has 1 atom stereocenters. The average molecular weight is 373 g/mol. The van der Waals surface area contributed by atoms with Crippen LogP contribution in [0.15, 0.2) is 34.6 Å². The summed E-state index contributed by atoms with van der Waals surface area (Å²) in [6.07, 6.45) is 0.923. The number of aromatic nitrogens is 1. The Morgan fingerprint density at radius 2 is 2.15 bits per heavy atom. The number of ether oxygens (including phenoxy) is 1. The monoisotopic (exact) mass is 372 g/mol. The summed E-state index contributed by atoms with van der Waals surface area (Å²) in [5.41, 5.74) is 2.39. The van der Waals surface area contributed by atoms with Crippen molar-refractivity contribution in [2.45, 2.75) is 52.1 Å². The van der Waals surface area contributed by atoms with Crippen LogP contribution in [-0.2, 0) is 12.0 Å². The second kappa shape index (κ2) is 8.08. The van der Waals surface area contributed by atoms with Gasteiger partial charge in [0.15, 0.2) is 5.96 Å². The molecule has 2 aromatic rings. The minimum atomic E-state index is 0.0764. The summed E-state index contributed by atoms with van der Waals surface area (Å²) in [5, 5.41) is 10.1. The molecule has 0 spiro atoms. The van der Waals surface area contributed by atoms with Crippen LogP contribution >= 0.6 is 11.3 Å². The van der Waals surface area contributed by atoms with E-state index < -0.39 is 0 Å². The van der Waals surface area contributed by atoms with Crippen LogP contribution < -0.4 is 15.4 Å². The maximum atomic E-state index is 5.75. The first kappa shape index (κ1) is 18.7. The van der Waals surface area contributed by atoms with Crippen LogP contribution in [-0.4, -0.2) is 24.1 Å². The second-order valence-electron chi connectivity index (χ2n) is 7.44. The van der Waals surface area contributed by atoms with E-state index >= 15 is 0 Å². The van der Waals surface area contributed by atoms with Gasteiger partial charge in [-0.25, -0.2) is 9.98 Å². The summed E-state index contributed by atoms with van der Waals surface area (Å²) in [7, 11) is 0. The molecule has 0 amide bonds. The minimum absolute atomic E-state index is 0.0764. The lowest BCUT2D eigenvalue weighted by Gasteiger charge is -2.28. The van der Waals surface area contributed by atoms with E-state index in [1.165, 1.54) is 5.56 Å². The molecule has 0 bridgehead atoms. The molecular weight excluding hydrogens is 344 g/mol. The van der Waals surface area contributed by atoms with E-state index in [2.05, 4.69) is 55.8 Å². The fourth-order valence-electron chi connectivity index (χ4n) is 2.85. The van der Waals surface area contributed by atoms with E-state index in [0.29, 0.717) is 6.54 Å². The van der Waals surface area contributed by atoms with Crippen LogP contribution in [0, 0.1) is 0 Å². The topological polar surface area (TPSA) is 58.5 Å². The summed E-state index contributed by atoms with van der Waals surface area (Å²) in [5.74, 6) is 1.78. The van der Waals surface area contributed by atoms with E-state index in [-0.39, 0.29) is 11.5 Å². The number of para-hydroxylation sites is 1. The number of guanidine groups is 1. The molecule has 1 unspecified atom stereocenters. The molecule has 0 fully saturated rings. The van der Waals surface area contributed by atoms with Gasteiger partial charge in [0.25, 0.3) is 0 Å². The number of hydrogen-bond donors (Lipinski definition) is 2. The molecule has 1 aliphatic rings. The summed E-state index contributed by atoms with van der Waals surface area (Å²) < 4.78 is 5.75. The van der Waals surface area contributed by atoms with Crippen molar-refractivity contribution >= 4 is 17.3 Å². The van der Waals surface area contributed by atoms with Crippen LogP contribution in [0.1, 0.15) is 56.4 Å². The van der Waals surface area contributed by atoms with Crippen LogP contribution in [0.2, 0.25) is 0 Å². The lowest BCUT2D eigenvalue weighted by Crippen LogP contribution is -2.41. The Labute approximate surface area is 159 Å². The maximum Gasteiger partial charge on any atom is 0.192 e. The van der Waals surface area contributed by atoms with Gasteiger partial charge in [0.2, 0.25) is 0 Å². The number of benzene rings is 1. The van der Waals surface area contributed by atoms with Crippen molar-refractivity contribution in [1.29, 1.82) is 0 Å². The van der Waals surface area contributed by atoms with Crippen LogP contribution in [0.4, 0.5) is 0 Å². The molecule has 0 saturated carbocycles. The van der Waals surface area contributed by atoms with Crippen LogP contribution in [0.25, 0.3) is 0 Å². The Morgan fingerprint density at radius 3 is 2.88 bits per heavy atom. The number of thiazole rings is 1. The number of rotatable bonds is 4. The zero-order valence-electron chi connectivity index (χ0n) is 16.0. The smallest absolute Gasteiger partial charge is 0.192 e. The van der Waals surface area contributed by atoms with E-state index in [4.69, 9.17) is 14.7 Å². The van der Waals surface area contributed by atoms with Crippen LogP contribution in [0.5, 0.6) is 5.75 Å². The van der Waals surface area contributed by atoms with Crippen molar-refractivity contribution in [2.24, 2.45) is 4.99 Å². The second-order valence-corrected chi connectivity index (χ2v) is 8.39. The molecule has 5 nitrogen and oxygen atoms in total. The predicted octanol–water partition coefficient (Wildman–Crippen LogP) is 4.02. The van der Waals surface area contributed by atoms with Gasteiger partial charge in [-0.2, -0.15) is 0 Å². The molecule has 0 saturated heterocycles. The summed E-state index contributed by atoms with van der Waals surface area (Å²) in [6.45, 7) is 10.8. The molecular formula is C20H28N4OS. The molecule has 6 heteroatoms. The van der Waals surface area contributed by atoms with Gasteiger partial charge in [0.1, 0.15) is 10.8 Å². The van der Waals surface area contributed by atoms with E-state index in [1.807, 2.05) is 12.1 Å². The third-order valence-electron chi connectivity index (χ3n) is 4.31. The molecule has 26 heavy (non-hydrogen) atoms. The third-order valence-corrected chi connectivity index (χ3v) is 5.14. The van der Waals surface area contributed by atoms with Crippen molar-refractivity contribution in [3.63, 3.8) is 0 Å². The maximum absolute atomic E-state index is 5.75. The Hall–Kier alpha value is -2.08. The first-order valence-electron chi connectivity index (χ1n) is 9.19. The van der Waals surface area contributed by atoms with Crippen molar-refractivity contribution in [3.8, 4) is 5.75 Å². The Bertz CT molecular complexity index is 763. The minimum Gasteiger partial charge on any atom is -0.493 e. The molecule has 1 aliphatic heterocycles. The average Bonchev–Trinajstić information content (AvgIpc) is 3.10. The van der Waals surface area contributed by atoms with Crippen molar-refractivity contribution in [2.75, 3.05) is 13.2 Å². The highest BCUT2D eigenvalue weighted by Gasteiger charge is 2.22. The van der Waals surface area contributed by atoms with Crippen molar-refractivity contribution in [3.05, 3.63) is 45.9 Å². The quantitative estimate of drug-likeness (QED) is 0.629. The first-order chi connectivity index (χ1) is 12.5. The van der Waals surface area contributed by atoms with Gasteiger partial charge in [-0.1, -0.05) is 39.0 Å². The zero-order chi connectivity index (χ0) is 18.6. The molecule has 3 rings (SSSR count). The molecule has 1 aromatic heterocycles. The summed E-state index contributed by atoms with van der Waals surface area (Å²) in [4.78, 5) is 9.48. The number of nitrogens with zero attached hydrogens (tertiary/aromatic N) is 2. The first-order valence-corrected chi connectivity index (χ1v) is 10.1. The van der Waals surface area contributed by atoms with Gasteiger partial charge in [-0.15, -0.1) is 11.3 Å². The van der Waals surface area contributed by atoms with Gasteiger partial charge in [-0.3, -0.25) is 0 Å². The molecule has 0 aliphatic carbocycles. The molecule has 1 aromatic carbocycles. The third kappa shape index (κ3) is 4.55. The summed E-state index contributed by atoms with van der Waals surface area (Å²) >= 11 is 1.68. The van der Waals surface area contributed by atoms with Gasteiger partial charge in [-0.05, 0) is 13.0 Å². The number of aliphatic imine (C=N–C) groups is 1. The lowest BCUT2D eigenvalue weighted by molar-refractivity contribution is 0.261. The van der Waals surface area contributed by atoms with E-state index in [1.54, 1.807) is 11.3 Å². The van der Waals surface area contributed by atoms with E-state index in [9.17, 15) is 0 Å². The highest BCUT2D eigenvalue weighted by molar-refractivity contribution is 7.09. The Balaban J connectivity index is 1.71. The molecule has 0 radical (unpaired) electrons. The van der Waals surface area contributed by atoms with Gasteiger partial charge in [0.05, 0.1) is 24.9 Å².